The minimum absolute atomic E-state index is 0.165. The molecule has 1 saturated heterocycles. The second-order valence-corrected chi connectivity index (χ2v) is 8.58. The van der Waals surface area contributed by atoms with Gasteiger partial charge in [-0.15, -0.1) is 0 Å². The molecule has 2 heterocycles. The summed E-state index contributed by atoms with van der Waals surface area (Å²) in [7, 11) is 0. The van der Waals surface area contributed by atoms with E-state index in [-0.39, 0.29) is 11.5 Å². The second kappa shape index (κ2) is 5.40. The van der Waals surface area contributed by atoms with Gasteiger partial charge in [-0.2, -0.15) is 0 Å². The van der Waals surface area contributed by atoms with Crippen molar-refractivity contribution in [1.82, 2.24) is 4.90 Å². The SMILES string of the molecule is CC(C)(C)OC(=O)N1CCC2(CC1)CNc1ccc3c(c12)CCC3. The Bertz CT molecular complexity index is 667. The van der Waals surface area contributed by atoms with Gasteiger partial charge >= 0.3 is 6.09 Å². The molecule has 130 valence electrons. The van der Waals surface area contributed by atoms with E-state index in [1.807, 2.05) is 25.7 Å². The molecule has 0 radical (unpaired) electrons. The third kappa shape index (κ3) is 2.56. The molecule has 4 heteroatoms. The fourth-order valence-corrected chi connectivity index (χ4v) is 4.64. The number of ether oxygens (including phenoxy) is 1. The number of nitrogens with one attached hydrogen (secondary N) is 1. The van der Waals surface area contributed by atoms with Crippen LogP contribution in [0, 0.1) is 0 Å². The Labute approximate surface area is 144 Å². The molecule has 1 aromatic rings. The van der Waals surface area contributed by atoms with E-state index in [1.54, 1.807) is 16.7 Å². The predicted octanol–water partition coefficient (Wildman–Crippen LogP) is 3.87. The number of fused-ring (bicyclic) bond motifs is 4. The van der Waals surface area contributed by atoms with Crippen LogP contribution in [0.15, 0.2) is 12.1 Å². The van der Waals surface area contributed by atoms with Crippen LogP contribution in [0.25, 0.3) is 0 Å². The van der Waals surface area contributed by atoms with Crippen LogP contribution in [0.3, 0.4) is 0 Å². The summed E-state index contributed by atoms with van der Waals surface area (Å²) in [6, 6.07) is 4.58. The number of amides is 1. The largest absolute Gasteiger partial charge is 0.444 e. The van der Waals surface area contributed by atoms with Crippen LogP contribution in [0.2, 0.25) is 0 Å². The Hall–Kier alpha value is -1.71. The van der Waals surface area contributed by atoms with Crippen LogP contribution < -0.4 is 5.32 Å². The Kier molecular flexibility index (Phi) is 3.55. The summed E-state index contributed by atoms with van der Waals surface area (Å²) < 4.78 is 5.54. The van der Waals surface area contributed by atoms with E-state index in [4.69, 9.17) is 4.74 Å². The highest BCUT2D eigenvalue weighted by atomic mass is 16.6. The molecule has 0 bridgehead atoms. The van der Waals surface area contributed by atoms with Gasteiger partial charge in [0.15, 0.2) is 0 Å². The van der Waals surface area contributed by atoms with Gasteiger partial charge in [-0.25, -0.2) is 4.79 Å². The maximum absolute atomic E-state index is 12.3. The van der Waals surface area contributed by atoms with Crippen LogP contribution in [0.1, 0.15) is 56.7 Å². The zero-order valence-corrected chi connectivity index (χ0v) is 15.1. The molecule has 1 amide bonds. The van der Waals surface area contributed by atoms with E-state index in [0.29, 0.717) is 0 Å². The average Bonchev–Trinajstić information content (AvgIpc) is 3.11. The number of aryl methyl sites for hydroxylation is 1. The smallest absolute Gasteiger partial charge is 0.410 e. The molecule has 3 aliphatic rings. The van der Waals surface area contributed by atoms with E-state index in [9.17, 15) is 4.79 Å². The van der Waals surface area contributed by atoms with Crippen molar-refractivity contribution in [1.29, 1.82) is 0 Å². The monoisotopic (exact) mass is 328 g/mol. The van der Waals surface area contributed by atoms with E-state index < -0.39 is 5.60 Å². The number of likely N-dealkylation sites (tertiary alicyclic amines) is 1. The predicted molar refractivity (Wildman–Crippen MR) is 95.7 cm³/mol. The molecule has 0 saturated carbocycles. The highest BCUT2D eigenvalue weighted by molar-refractivity contribution is 5.70. The molecule has 1 aromatic carbocycles. The molecule has 2 aliphatic heterocycles. The van der Waals surface area contributed by atoms with Gasteiger partial charge in [-0.3, -0.25) is 0 Å². The first-order valence-corrected chi connectivity index (χ1v) is 9.25. The maximum atomic E-state index is 12.3. The van der Waals surface area contributed by atoms with Crippen molar-refractivity contribution in [3.05, 3.63) is 28.8 Å². The minimum Gasteiger partial charge on any atom is -0.444 e. The van der Waals surface area contributed by atoms with Gasteiger partial charge in [-0.1, -0.05) is 6.07 Å². The van der Waals surface area contributed by atoms with Gasteiger partial charge in [0.2, 0.25) is 0 Å². The fraction of sp³-hybridized carbons (Fsp3) is 0.650. The molecule has 0 unspecified atom stereocenters. The number of hydrogen-bond acceptors (Lipinski definition) is 3. The van der Waals surface area contributed by atoms with Gasteiger partial charge in [0, 0.05) is 30.7 Å². The van der Waals surface area contributed by atoms with E-state index >= 15 is 0 Å². The molecule has 1 fully saturated rings. The quantitative estimate of drug-likeness (QED) is 0.786. The van der Waals surface area contributed by atoms with Crippen LogP contribution in [-0.4, -0.2) is 36.2 Å². The number of carbonyl (C=O) groups excluding carboxylic acids is 1. The summed E-state index contributed by atoms with van der Waals surface area (Å²) in [5, 5.41) is 3.64. The van der Waals surface area contributed by atoms with Crippen LogP contribution in [0.4, 0.5) is 10.5 Å². The number of anilines is 1. The number of rotatable bonds is 0. The number of carbonyl (C=O) groups is 1. The Morgan fingerprint density at radius 1 is 1.21 bits per heavy atom. The number of piperidine rings is 1. The average molecular weight is 328 g/mol. The first-order chi connectivity index (χ1) is 11.4. The third-order valence-electron chi connectivity index (χ3n) is 5.80. The summed E-state index contributed by atoms with van der Waals surface area (Å²) in [6.07, 6.45) is 5.62. The Morgan fingerprint density at radius 2 is 1.96 bits per heavy atom. The van der Waals surface area contributed by atoms with Crippen molar-refractivity contribution in [2.75, 3.05) is 25.0 Å². The van der Waals surface area contributed by atoms with Gasteiger partial charge in [0.05, 0.1) is 0 Å². The zero-order chi connectivity index (χ0) is 16.9. The summed E-state index contributed by atoms with van der Waals surface area (Å²) in [4.78, 5) is 14.2. The van der Waals surface area contributed by atoms with Gasteiger partial charge in [0.1, 0.15) is 5.60 Å². The van der Waals surface area contributed by atoms with E-state index in [1.165, 1.54) is 24.9 Å². The second-order valence-electron chi connectivity index (χ2n) is 8.58. The van der Waals surface area contributed by atoms with Gasteiger partial charge in [0.25, 0.3) is 0 Å². The Morgan fingerprint density at radius 3 is 2.67 bits per heavy atom. The first kappa shape index (κ1) is 15.8. The molecular weight excluding hydrogens is 300 g/mol. The third-order valence-corrected chi connectivity index (χ3v) is 5.80. The summed E-state index contributed by atoms with van der Waals surface area (Å²) in [5.74, 6) is 0. The van der Waals surface area contributed by atoms with Crippen molar-refractivity contribution >= 4 is 11.8 Å². The highest BCUT2D eigenvalue weighted by Crippen LogP contribution is 2.48. The lowest BCUT2D eigenvalue weighted by atomic mass is 9.72. The van der Waals surface area contributed by atoms with Crippen molar-refractivity contribution in [2.24, 2.45) is 0 Å². The van der Waals surface area contributed by atoms with E-state index in [0.717, 1.165) is 32.5 Å². The summed E-state index contributed by atoms with van der Waals surface area (Å²) in [6.45, 7) is 8.38. The summed E-state index contributed by atoms with van der Waals surface area (Å²) >= 11 is 0. The Balaban J connectivity index is 1.53. The van der Waals surface area contributed by atoms with E-state index in [2.05, 4.69) is 17.4 Å². The zero-order valence-electron chi connectivity index (χ0n) is 15.1. The normalized spacial score (nSPS) is 21.4. The molecule has 1 spiro atoms. The van der Waals surface area contributed by atoms with Crippen molar-refractivity contribution < 1.29 is 9.53 Å². The summed E-state index contributed by atoms with van der Waals surface area (Å²) in [5.41, 5.74) is 5.84. The standard InChI is InChI=1S/C20H28N2O2/c1-19(2,3)24-18(23)22-11-9-20(10-12-22)13-21-16-8-7-14-5-4-6-15(14)17(16)20/h7-8,21H,4-6,9-13H2,1-3H3. The number of hydrogen-bond donors (Lipinski definition) is 1. The van der Waals surface area contributed by atoms with Gasteiger partial charge in [-0.05, 0) is 75.6 Å². The molecule has 0 aromatic heterocycles. The lowest BCUT2D eigenvalue weighted by Gasteiger charge is -2.40. The molecule has 1 aliphatic carbocycles. The fourth-order valence-electron chi connectivity index (χ4n) is 4.64. The van der Waals surface area contributed by atoms with Gasteiger partial charge < -0.3 is 15.0 Å². The molecule has 4 nitrogen and oxygen atoms in total. The lowest BCUT2D eigenvalue weighted by molar-refractivity contribution is 0.0172. The van der Waals surface area contributed by atoms with Crippen molar-refractivity contribution in [2.45, 2.75) is 63.9 Å². The lowest BCUT2D eigenvalue weighted by Crippen LogP contribution is -2.47. The minimum atomic E-state index is -0.422. The van der Waals surface area contributed by atoms with Crippen LogP contribution in [0.5, 0.6) is 0 Å². The van der Waals surface area contributed by atoms with Crippen molar-refractivity contribution in [3.8, 4) is 0 Å². The highest BCUT2D eigenvalue weighted by Gasteiger charge is 2.44. The molecule has 4 rings (SSSR count). The van der Waals surface area contributed by atoms with Crippen molar-refractivity contribution in [3.63, 3.8) is 0 Å². The molecule has 24 heavy (non-hydrogen) atoms. The maximum Gasteiger partial charge on any atom is 0.410 e. The molecule has 0 atom stereocenters. The first-order valence-electron chi connectivity index (χ1n) is 9.25. The number of benzene rings is 1. The number of nitrogens with zero attached hydrogens (tertiary/aromatic N) is 1. The molecular formula is C20H28N2O2. The topological polar surface area (TPSA) is 41.6 Å². The van der Waals surface area contributed by atoms with Crippen LogP contribution in [-0.2, 0) is 23.0 Å². The molecule has 1 N–H and O–H groups in total. The van der Waals surface area contributed by atoms with Crippen LogP contribution >= 0.6 is 0 Å².